The summed E-state index contributed by atoms with van der Waals surface area (Å²) in [6.07, 6.45) is 9.96. The second-order valence-corrected chi connectivity index (χ2v) is 8.97. The fourth-order valence-electron chi connectivity index (χ4n) is 4.05. The number of anilines is 1. The summed E-state index contributed by atoms with van der Waals surface area (Å²) in [5, 5.41) is 3.09. The zero-order valence-electron chi connectivity index (χ0n) is 22.5. The molecule has 0 aromatic carbocycles. The van der Waals surface area contributed by atoms with Gasteiger partial charge in [-0.25, -0.2) is 9.37 Å². The van der Waals surface area contributed by atoms with Crippen LogP contribution < -0.4 is 10.2 Å². The molecule has 0 spiro atoms. The van der Waals surface area contributed by atoms with Crippen LogP contribution in [0, 0.1) is 19.7 Å². The van der Waals surface area contributed by atoms with Gasteiger partial charge in [-0.2, -0.15) is 0 Å². The maximum Gasteiger partial charge on any atom is 0.240 e. The molecule has 0 radical (unpaired) electrons. The molecule has 4 heterocycles. The van der Waals surface area contributed by atoms with Crippen LogP contribution in [0.3, 0.4) is 0 Å². The van der Waals surface area contributed by atoms with Crippen molar-refractivity contribution >= 4 is 23.0 Å². The molecular weight excluding hydrogens is 457 g/mol. The van der Waals surface area contributed by atoms with Gasteiger partial charge < -0.3 is 19.4 Å². The van der Waals surface area contributed by atoms with Gasteiger partial charge in [-0.1, -0.05) is 27.2 Å². The van der Waals surface area contributed by atoms with Gasteiger partial charge in [0.1, 0.15) is 17.2 Å². The minimum atomic E-state index is -0.166. The molecule has 3 aromatic heterocycles. The number of imidazole rings is 1. The van der Waals surface area contributed by atoms with E-state index < -0.39 is 0 Å². The lowest BCUT2D eigenvalue weighted by atomic mass is 10.1. The fourth-order valence-corrected chi connectivity index (χ4v) is 4.05. The first kappa shape index (κ1) is 29.1. The highest BCUT2D eigenvalue weighted by atomic mass is 19.1. The number of hydrogen-bond acceptors (Lipinski definition) is 5. The van der Waals surface area contributed by atoms with E-state index >= 15 is 0 Å². The van der Waals surface area contributed by atoms with Crippen molar-refractivity contribution in [2.45, 2.75) is 73.6 Å². The predicted molar refractivity (Wildman–Crippen MR) is 143 cm³/mol. The Kier molecular flexibility index (Phi) is 11.7. The molecule has 4 rings (SSSR count). The van der Waals surface area contributed by atoms with E-state index in [1.54, 1.807) is 19.3 Å². The number of amides is 1. The molecule has 0 bridgehead atoms. The van der Waals surface area contributed by atoms with Crippen molar-refractivity contribution in [2.75, 3.05) is 24.5 Å². The summed E-state index contributed by atoms with van der Waals surface area (Å²) in [4.78, 5) is 32.3. The molecule has 36 heavy (non-hydrogen) atoms. The predicted octanol–water partition coefficient (Wildman–Crippen LogP) is 5.00. The molecule has 0 atom stereocenters. The second kappa shape index (κ2) is 14.4. The fraction of sp³-hybridized carbons (Fsp3) is 0.500. The van der Waals surface area contributed by atoms with Gasteiger partial charge in [0.25, 0.3) is 0 Å². The van der Waals surface area contributed by atoms with Crippen molar-refractivity contribution in [1.29, 1.82) is 0 Å². The van der Waals surface area contributed by atoms with E-state index in [-0.39, 0.29) is 17.5 Å². The third kappa shape index (κ3) is 8.22. The SMILES string of the molecule is CCCC(C)=O.CCCc1c(N2CCNCC2=O)ccnc1C.CCc1cn2cc(C)nc2cc1F. The number of Topliss-reactive ketones (excluding diaryl/α,β-unsaturated/α-hetero) is 1. The highest BCUT2D eigenvalue weighted by Crippen LogP contribution is 2.24. The molecule has 196 valence electrons. The molecule has 1 fully saturated rings. The third-order valence-electron chi connectivity index (χ3n) is 5.85. The van der Waals surface area contributed by atoms with E-state index in [0.717, 1.165) is 61.4 Å². The third-order valence-corrected chi connectivity index (χ3v) is 5.85. The Morgan fingerprint density at radius 1 is 1.17 bits per heavy atom. The lowest BCUT2D eigenvalue weighted by Gasteiger charge is -2.29. The standard InChI is InChI=1S/C13H19N3O.C10H11FN2.C5H10O/c1-3-4-11-10(2)15-6-5-12(11)16-8-7-14-9-13(16)17;1-3-8-6-13-5-7(2)12-10(13)4-9(8)11;1-3-4-5(2)6/h5-6,14H,3-4,7-9H2,1-2H3;4-6H,3H2,1-2H3;3-4H2,1-2H3. The number of hydrogen-bond donors (Lipinski definition) is 1. The highest BCUT2D eigenvalue weighted by molar-refractivity contribution is 5.96. The Morgan fingerprint density at radius 2 is 1.92 bits per heavy atom. The van der Waals surface area contributed by atoms with Crippen LogP contribution >= 0.6 is 0 Å². The van der Waals surface area contributed by atoms with Gasteiger partial charge in [0.2, 0.25) is 5.91 Å². The van der Waals surface area contributed by atoms with Gasteiger partial charge in [0.05, 0.1) is 17.9 Å². The Hall–Kier alpha value is -3.13. The van der Waals surface area contributed by atoms with Crippen LogP contribution in [-0.4, -0.2) is 45.7 Å². The molecule has 3 aromatic rings. The largest absolute Gasteiger partial charge is 0.310 e. The average molecular weight is 498 g/mol. The number of nitrogens with one attached hydrogen (secondary N) is 1. The topological polar surface area (TPSA) is 79.6 Å². The van der Waals surface area contributed by atoms with Crippen molar-refractivity contribution in [3.05, 3.63) is 59.1 Å². The normalized spacial score (nSPS) is 13.1. The van der Waals surface area contributed by atoms with Crippen LogP contribution in [0.2, 0.25) is 0 Å². The number of rotatable bonds is 6. The first-order chi connectivity index (χ1) is 17.2. The van der Waals surface area contributed by atoms with Gasteiger partial charge in [-0.3, -0.25) is 9.78 Å². The first-order valence-corrected chi connectivity index (χ1v) is 12.8. The molecule has 0 saturated carbocycles. The van der Waals surface area contributed by atoms with Gasteiger partial charge >= 0.3 is 0 Å². The monoisotopic (exact) mass is 497 g/mol. The maximum atomic E-state index is 13.3. The molecule has 1 N–H and O–H groups in total. The number of nitrogens with zero attached hydrogens (tertiary/aromatic N) is 4. The lowest BCUT2D eigenvalue weighted by Crippen LogP contribution is -2.48. The minimum absolute atomic E-state index is 0.152. The highest BCUT2D eigenvalue weighted by Gasteiger charge is 2.22. The smallest absolute Gasteiger partial charge is 0.240 e. The van der Waals surface area contributed by atoms with Crippen LogP contribution in [0.15, 0.2) is 30.7 Å². The second-order valence-electron chi connectivity index (χ2n) is 8.97. The Labute approximate surface area is 214 Å². The number of aryl methyl sites for hydroxylation is 3. The van der Waals surface area contributed by atoms with Crippen molar-refractivity contribution in [3.8, 4) is 0 Å². The van der Waals surface area contributed by atoms with Crippen LogP contribution in [0.5, 0.6) is 0 Å². The maximum absolute atomic E-state index is 13.3. The molecule has 1 aliphatic heterocycles. The Bertz CT molecular complexity index is 1160. The number of carbonyl (C=O) groups excluding carboxylic acids is 2. The van der Waals surface area contributed by atoms with Crippen molar-refractivity contribution in [3.63, 3.8) is 0 Å². The average Bonchev–Trinajstić information content (AvgIpc) is 3.20. The van der Waals surface area contributed by atoms with E-state index in [1.807, 2.05) is 49.3 Å². The van der Waals surface area contributed by atoms with E-state index in [2.05, 4.69) is 22.2 Å². The quantitative estimate of drug-likeness (QED) is 0.519. The van der Waals surface area contributed by atoms with Crippen LogP contribution in [0.25, 0.3) is 5.65 Å². The molecule has 0 aliphatic carbocycles. The van der Waals surface area contributed by atoms with Crippen LogP contribution in [0.4, 0.5) is 10.1 Å². The zero-order valence-corrected chi connectivity index (χ0v) is 22.5. The lowest BCUT2D eigenvalue weighted by molar-refractivity contribution is -0.118. The summed E-state index contributed by atoms with van der Waals surface area (Å²) in [6, 6.07) is 3.44. The summed E-state index contributed by atoms with van der Waals surface area (Å²) in [5.74, 6) is 0.275. The molecule has 7 nitrogen and oxygen atoms in total. The van der Waals surface area contributed by atoms with Crippen molar-refractivity contribution in [2.24, 2.45) is 0 Å². The summed E-state index contributed by atoms with van der Waals surface area (Å²) >= 11 is 0. The summed E-state index contributed by atoms with van der Waals surface area (Å²) < 4.78 is 15.1. The number of fused-ring (bicyclic) bond motifs is 1. The number of carbonyl (C=O) groups is 2. The van der Waals surface area contributed by atoms with Crippen LogP contribution in [-0.2, 0) is 22.4 Å². The van der Waals surface area contributed by atoms with E-state index in [4.69, 9.17) is 0 Å². The first-order valence-electron chi connectivity index (χ1n) is 12.8. The minimum Gasteiger partial charge on any atom is -0.310 e. The van der Waals surface area contributed by atoms with Crippen molar-refractivity contribution < 1.29 is 14.0 Å². The Morgan fingerprint density at radius 3 is 2.50 bits per heavy atom. The molecular formula is C28H40FN5O2. The zero-order chi connectivity index (χ0) is 26.7. The van der Waals surface area contributed by atoms with E-state index in [9.17, 15) is 14.0 Å². The number of piperazine rings is 1. The molecule has 0 unspecified atom stereocenters. The summed E-state index contributed by atoms with van der Waals surface area (Å²) in [5.41, 5.74) is 5.61. The van der Waals surface area contributed by atoms with Gasteiger partial charge in [-0.15, -0.1) is 0 Å². The van der Waals surface area contributed by atoms with Gasteiger partial charge in [0.15, 0.2) is 0 Å². The number of halogens is 1. The summed E-state index contributed by atoms with van der Waals surface area (Å²) in [6.45, 7) is 13.7. The van der Waals surface area contributed by atoms with E-state index in [0.29, 0.717) is 18.6 Å². The number of ketones is 1. The molecule has 1 amide bonds. The van der Waals surface area contributed by atoms with Gasteiger partial charge in [-0.05, 0) is 51.7 Å². The van der Waals surface area contributed by atoms with Crippen molar-refractivity contribution in [1.82, 2.24) is 19.7 Å². The van der Waals surface area contributed by atoms with Crippen LogP contribution in [0.1, 0.15) is 69.5 Å². The summed E-state index contributed by atoms with van der Waals surface area (Å²) in [7, 11) is 0. The number of pyridine rings is 2. The van der Waals surface area contributed by atoms with E-state index in [1.165, 1.54) is 11.6 Å². The Balaban J connectivity index is 0.000000212. The number of aromatic nitrogens is 3. The molecule has 1 aliphatic rings. The van der Waals surface area contributed by atoms with Gasteiger partial charge in [0, 0.05) is 55.4 Å². The molecule has 1 saturated heterocycles. The molecule has 8 heteroatoms.